The fourth-order valence-electron chi connectivity index (χ4n) is 3.44. The predicted octanol–water partition coefficient (Wildman–Crippen LogP) is 5.86. The van der Waals surface area contributed by atoms with E-state index in [-0.39, 0.29) is 17.4 Å². The number of aromatic nitrogens is 2. The molecule has 4 rings (SSSR count). The van der Waals surface area contributed by atoms with E-state index in [1.807, 2.05) is 25.1 Å². The van der Waals surface area contributed by atoms with E-state index in [0.29, 0.717) is 17.2 Å². The molecule has 1 aliphatic rings. The monoisotopic (exact) mass is 396 g/mol. The number of para-hydroxylation sites is 1. The number of benzene rings is 2. The highest BCUT2D eigenvalue weighted by Crippen LogP contribution is 2.37. The fourth-order valence-corrected chi connectivity index (χ4v) is 3.44. The van der Waals surface area contributed by atoms with Gasteiger partial charge in [0.25, 0.3) is 0 Å². The Balaban J connectivity index is 1.85. The Morgan fingerprint density at radius 3 is 2.45 bits per heavy atom. The quantitative estimate of drug-likeness (QED) is 0.603. The highest BCUT2D eigenvalue weighted by molar-refractivity contribution is 6.09. The Morgan fingerprint density at radius 1 is 1.00 bits per heavy atom. The van der Waals surface area contributed by atoms with E-state index in [1.54, 1.807) is 18.2 Å². The standard InChI is InChI=1S/C22H19F3N4/c1-3-17-13(2)12-19(26-17)28-21-15-9-5-7-11-18(15)27-20(29-21)14-8-4-6-10-16(14)22(23,24)25/h4-12,17H,3H2,1-2H3,(H,26,27,28,29). The molecule has 1 aliphatic heterocycles. The zero-order chi connectivity index (χ0) is 20.6. The van der Waals surface area contributed by atoms with E-state index >= 15 is 0 Å². The van der Waals surface area contributed by atoms with Gasteiger partial charge >= 0.3 is 6.18 Å². The van der Waals surface area contributed by atoms with Gasteiger partial charge in [-0.25, -0.2) is 9.97 Å². The van der Waals surface area contributed by atoms with Gasteiger partial charge in [-0.2, -0.15) is 13.2 Å². The lowest BCUT2D eigenvalue weighted by Gasteiger charge is -2.14. The van der Waals surface area contributed by atoms with Crippen molar-refractivity contribution in [2.45, 2.75) is 32.5 Å². The lowest BCUT2D eigenvalue weighted by Crippen LogP contribution is -2.12. The largest absolute Gasteiger partial charge is 0.417 e. The third kappa shape index (κ3) is 3.72. The minimum atomic E-state index is -4.50. The first-order chi connectivity index (χ1) is 13.9. The van der Waals surface area contributed by atoms with Gasteiger partial charge in [-0.15, -0.1) is 0 Å². The van der Waals surface area contributed by atoms with Crippen LogP contribution in [0.5, 0.6) is 0 Å². The maximum Gasteiger partial charge on any atom is 0.417 e. The third-order valence-electron chi connectivity index (χ3n) is 4.89. The molecule has 0 amide bonds. The number of hydrogen-bond donors (Lipinski definition) is 1. The summed E-state index contributed by atoms with van der Waals surface area (Å²) in [5.41, 5.74) is 0.876. The summed E-state index contributed by atoms with van der Waals surface area (Å²) in [7, 11) is 0. The first-order valence-corrected chi connectivity index (χ1v) is 9.33. The first-order valence-electron chi connectivity index (χ1n) is 9.33. The molecule has 1 aromatic heterocycles. The molecule has 2 aromatic carbocycles. The van der Waals surface area contributed by atoms with Crippen molar-refractivity contribution in [3.8, 4) is 11.4 Å². The van der Waals surface area contributed by atoms with Crippen LogP contribution in [0.1, 0.15) is 25.8 Å². The number of nitrogens with zero attached hydrogens (tertiary/aromatic N) is 3. The maximum absolute atomic E-state index is 13.5. The van der Waals surface area contributed by atoms with Gasteiger partial charge in [0.2, 0.25) is 0 Å². The summed E-state index contributed by atoms with van der Waals surface area (Å²) in [6.45, 7) is 4.07. The molecule has 2 heterocycles. The number of aliphatic imine (C=N–C) groups is 1. The molecule has 1 unspecified atom stereocenters. The van der Waals surface area contributed by atoms with Gasteiger partial charge in [-0.3, -0.25) is 4.99 Å². The minimum Gasteiger partial charge on any atom is -0.325 e. The Hall–Kier alpha value is -3.22. The number of amidine groups is 1. The van der Waals surface area contributed by atoms with Crippen molar-refractivity contribution in [3.05, 3.63) is 65.7 Å². The molecule has 0 saturated carbocycles. The highest BCUT2D eigenvalue weighted by Gasteiger charge is 2.34. The molecule has 148 valence electrons. The van der Waals surface area contributed by atoms with Crippen molar-refractivity contribution in [3.63, 3.8) is 0 Å². The van der Waals surface area contributed by atoms with Gasteiger partial charge in [-0.1, -0.05) is 37.3 Å². The molecule has 1 N–H and O–H groups in total. The van der Waals surface area contributed by atoms with Crippen molar-refractivity contribution in [1.29, 1.82) is 0 Å². The number of fused-ring (bicyclic) bond motifs is 1. The summed E-state index contributed by atoms with van der Waals surface area (Å²) in [5, 5.41) is 3.91. The van der Waals surface area contributed by atoms with Gasteiger partial charge in [0.15, 0.2) is 5.82 Å². The number of anilines is 1. The summed E-state index contributed by atoms with van der Waals surface area (Å²) < 4.78 is 40.5. The second-order valence-corrected chi connectivity index (χ2v) is 6.91. The van der Waals surface area contributed by atoms with Crippen LogP contribution in [0.25, 0.3) is 22.3 Å². The second kappa shape index (κ2) is 7.31. The molecule has 0 bridgehead atoms. The third-order valence-corrected chi connectivity index (χ3v) is 4.89. The lowest BCUT2D eigenvalue weighted by atomic mass is 10.1. The Labute approximate surface area is 166 Å². The molecule has 0 spiro atoms. The summed E-state index contributed by atoms with van der Waals surface area (Å²) >= 11 is 0. The van der Waals surface area contributed by atoms with Crippen LogP contribution in [0.3, 0.4) is 0 Å². The molecule has 0 fully saturated rings. The van der Waals surface area contributed by atoms with Crippen LogP contribution in [0.2, 0.25) is 0 Å². The second-order valence-electron chi connectivity index (χ2n) is 6.91. The smallest absolute Gasteiger partial charge is 0.325 e. The molecule has 0 radical (unpaired) electrons. The van der Waals surface area contributed by atoms with Crippen LogP contribution in [-0.4, -0.2) is 21.8 Å². The molecule has 1 atom stereocenters. The maximum atomic E-state index is 13.5. The van der Waals surface area contributed by atoms with Crippen molar-refractivity contribution >= 4 is 22.6 Å². The molecular weight excluding hydrogens is 377 g/mol. The van der Waals surface area contributed by atoms with Crippen LogP contribution in [0.15, 0.2) is 65.2 Å². The Morgan fingerprint density at radius 2 is 1.72 bits per heavy atom. The molecule has 0 aliphatic carbocycles. The van der Waals surface area contributed by atoms with E-state index in [0.717, 1.165) is 23.4 Å². The summed E-state index contributed by atoms with van der Waals surface area (Å²) in [6, 6.07) is 12.7. The summed E-state index contributed by atoms with van der Waals surface area (Å²) in [4.78, 5) is 13.5. The minimum absolute atomic E-state index is 0.0189. The molecular formula is C22H19F3N4. The SMILES string of the molecule is CCC1N=C(Nc2nc(-c3ccccc3C(F)(F)F)nc3ccccc23)C=C1C. The summed E-state index contributed by atoms with van der Waals surface area (Å²) in [6.07, 6.45) is -1.68. The van der Waals surface area contributed by atoms with Crippen molar-refractivity contribution < 1.29 is 13.2 Å². The lowest BCUT2D eigenvalue weighted by molar-refractivity contribution is -0.137. The van der Waals surface area contributed by atoms with E-state index in [4.69, 9.17) is 0 Å². The summed E-state index contributed by atoms with van der Waals surface area (Å²) in [5.74, 6) is 1.10. The van der Waals surface area contributed by atoms with E-state index in [9.17, 15) is 13.2 Å². The fraction of sp³-hybridized carbons (Fsp3) is 0.227. The topological polar surface area (TPSA) is 50.2 Å². The van der Waals surface area contributed by atoms with E-state index in [1.165, 1.54) is 12.1 Å². The van der Waals surface area contributed by atoms with E-state index in [2.05, 4.69) is 27.2 Å². The number of rotatable bonds is 3. The Kier molecular flexibility index (Phi) is 4.82. The number of nitrogens with one attached hydrogen (secondary N) is 1. The molecule has 7 heteroatoms. The molecule has 29 heavy (non-hydrogen) atoms. The number of hydrogen-bond acceptors (Lipinski definition) is 4. The molecule has 3 aromatic rings. The van der Waals surface area contributed by atoms with Crippen molar-refractivity contribution in [1.82, 2.24) is 9.97 Å². The van der Waals surface area contributed by atoms with Gasteiger partial charge in [0.05, 0.1) is 17.1 Å². The predicted molar refractivity (Wildman–Crippen MR) is 109 cm³/mol. The van der Waals surface area contributed by atoms with Crippen LogP contribution >= 0.6 is 0 Å². The van der Waals surface area contributed by atoms with Crippen LogP contribution in [-0.2, 0) is 6.18 Å². The normalized spacial score (nSPS) is 16.7. The van der Waals surface area contributed by atoms with Crippen molar-refractivity contribution in [2.75, 3.05) is 5.32 Å². The van der Waals surface area contributed by atoms with Crippen molar-refractivity contribution in [2.24, 2.45) is 4.99 Å². The van der Waals surface area contributed by atoms with Gasteiger partial charge in [0, 0.05) is 10.9 Å². The number of halogens is 3. The highest BCUT2D eigenvalue weighted by atomic mass is 19.4. The average Bonchev–Trinajstić information content (AvgIpc) is 3.06. The zero-order valence-corrected chi connectivity index (χ0v) is 16.0. The van der Waals surface area contributed by atoms with Gasteiger partial charge in [0.1, 0.15) is 11.7 Å². The number of alkyl halides is 3. The van der Waals surface area contributed by atoms with Gasteiger partial charge in [-0.05, 0) is 43.2 Å². The molecule has 4 nitrogen and oxygen atoms in total. The average molecular weight is 396 g/mol. The Bertz CT molecular complexity index is 1130. The first kappa shape index (κ1) is 19.1. The van der Waals surface area contributed by atoms with Gasteiger partial charge < -0.3 is 5.32 Å². The molecule has 0 saturated heterocycles. The van der Waals surface area contributed by atoms with Crippen LogP contribution in [0.4, 0.5) is 19.0 Å². The van der Waals surface area contributed by atoms with Crippen LogP contribution in [0, 0.1) is 0 Å². The van der Waals surface area contributed by atoms with Crippen LogP contribution < -0.4 is 5.32 Å². The zero-order valence-electron chi connectivity index (χ0n) is 16.0. The van der Waals surface area contributed by atoms with E-state index < -0.39 is 11.7 Å².